The number of aliphatic carboxylic acids is 1. The van der Waals surface area contributed by atoms with Gasteiger partial charge >= 0.3 is 5.97 Å². The molecule has 4 rings (SSSR count). The Morgan fingerprint density at radius 1 is 1.33 bits per heavy atom. The van der Waals surface area contributed by atoms with E-state index in [-0.39, 0.29) is 24.8 Å². The first-order chi connectivity index (χ1) is 13.1. The summed E-state index contributed by atoms with van der Waals surface area (Å²) >= 11 is 0. The Hall–Kier alpha value is -3.42. The summed E-state index contributed by atoms with van der Waals surface area (Å²) in [5, 5.41) is 16.9. The van der Waals surface area contributed by atoms with Crippen molar-refractivity contribution in [2.24, 2.45) is 0 Å². The zero-order valence-corrected chi connectivity index (χ0v) is 14.2. The van der Waals surface area contributed by atoms with Gasteiger partial charge in [-0.2, -0.15) is 0 Å². The van der Waals surface area contributed by atoms with Gasteiger partial charge in [0.25, 0.3) is 0 Å². The van der Waals surface area contributed by atoms with Crippen molar-refractivity contribution in [3.63, 3.8) is 0 Å². The van der Waals surface area contributed by atoms with Gasteiger partial charge in [-0.3, -0.25) is 4.79 Å². The molecular formula is C19H16FN3O4. The van der Waals surface area contributed by atoms with Crippen LogP contribution in [-0.2, 0) is 11.4 Å². The zero-order chi connectivity index (χ0) is 18.8. The van der Waals surface area contributed by atoms with Crippen LogP contribution in [0, 0.1) is 5.82 Å². The number of halogens is 1. The molecule has 1 atom stereocenters. The molecule has 27 heavy (non-hydrogen) atoms. The molecule has 138 valence electrons. The molecule has 8 heteroatoms. The highest BCUT2D eigenvalue weighted by Crippen LogP contribution is 2.38. The Morgan fingerprint density at radius 2 is 2.19 bits per heavy atom. The van der Waals surface area contributed by atoms with Gasteiger partial charge in [0.1, 0.15) is 35.3 Å². The van der Waals surface area contributed by atoms with Crippen LogP contribution in [0.2, 0.25) is 0 Å². The maximum atomic E-state index is 13.8. The van der Waals surface area contributed by atoms with E-state index in [1.165, 1.54) is 10.7 Å². The third-order valence-corrected chi connectivity index (χ3v) is 4.31. The van der Waals surface area contributed by atoms with Gasteiger partial charge in [-0.1, -0.05) is 23.4 Å². The Balaban J connectivity index is 1.43. The lowest BCUT2D eigenvalue weighted by Crippen LogP contribution is -2.07. The second-order valence-electron chi connectivity index (χ2n) is 6.20. The van der Waals surface area contributed by atoms with E-state index in [9.17, 15) is 9.18 Å². The van der Waals surface area contributed by atoms with Crippen molar-refractivity contribution in [2.75, 3.05) is 6.61 Å². The third-order valence-electron chi connectivity index (χ3n) is 4.31. The fraction of sp³-hybridized carbons (Fsp3) is 0.211. The third kappa shape index (κ3) is 3.59. The number of carbonyl (C=O) groups is 1. The SMILES string of the molecule is O=C(O)CC1COc2cc(OCc3cn(-c4ccccc4F)nn3)ccc21. The molecule has 0 spiro atoms. The Labute approximate surface area is 154 Å². The molecule has 0 fully saturated rings. The van der Waals surface area contributed by atoms with Gasteiger partial charge in [0.15, 0.2) is 0 Å². The van der Waals surface area contributed by atoms with E-state index < -0.39 is 5.97 Å². The lowest BCUT2D eigenvalue weighted by Gasteiger charge is -2.07. The molecule has 0 bridgehead atoms. The molecule has 0 saturated carbocycles. The Kier molecular flexibility index (Phi) is 4.45. The second-order valence-corrected chi connectivity index (χ2v) is 6.20. The number of carboxylic acids is 1. The quantitative estimate of drug-likeness (QED) is 0.719. The summed E-state index contributed by atoms with van der Waals surface area (Å²) in [5.41, 5.74) is 1.73. The van der Waals surface area contributed by atoms with Gasteiger partial charge in [-0.15, -0.1) is 5.10 Å². The van der Waals surface area contributed by atoms with Gasteiger partial charge in [-0.05, 0) is 18.2 Å². The topological polar surface area (TPSA) is 86.5 Å². The molecule has 7 nitrogen and oxygen atoms in total. The van der Waals surface area contributed by atoms with E-state index >= 15 is 0 Å². The van der Waals surface area contributed by atoms with E-state index in [4.69, 9.17) is 14.6 Å². The largest absolute Gasteiger partial charge is 0.492 e. The van der Waals surface area contributed by atoms with E-state index in [0.717, 1.165) is 5.56 Å². The molecule has 2 aromatic carbocycles. The number of benzene rings is 2. The van der Waals surface area contributed by atoms with Crippen LogP contribution in [0.1, 0.15) is 23.6 Å². The number of para-hydroxylation sites is 1. The van der Waals surface area contributed by atoms with Crippen LogP contribution < -0.4 is 9.47 Å². The maximum Gasteiger partial charge on any atom is 0.304 e. The number of nitrogens with zero attached hydrogens (tertiary/aromatic N) is 3. The first-order valence-electron chi connectivity index (χ1n) is 8.37. The Bertz CT molecular complexity index is 989. The summed E-state index contributed by atoms with van der Waals surface area (Å²) in [4.78, 5) is 10.9. The van der Waals surface area contributed by atoms with E-state index in [2.05, 4.69) is 10.3 Å². The summed E-state index contributed by atoms with van der Waals surface area (Å²) in [6.45, 7) is 0.508. The summed E-state index contributed by atoms with van der Waals surface area (Å²) in [7, 11) is 0. The van der Waals surface area contributed by atoms with Crippen LogP contribution >= 0.6 is 0 Å². The van der Waals surface area contributed by atoms with Gasteiger partial charge in [-0.25, -0.2) is 9.07 Å². The molecule has 0 saturated heterocycles. The first-order valence-corrected chi connectivity index (χ1v) is 8.37. The molecule has 2 heterocycles. The highest BCUT2D eigenvalue weighted by Gasteiger charge is 2.26. The van der Waals surface area contributed by atoms with Crippen LogP contribution in [0.4, 0.5) is 4.39 Å². The lowest BCUT2D eigenvalue weighted by molar-refractivity contribution is -0.137. The van der Waals surface area contributed by atoms with Crippen molar-refractivity contribution in [3.8, 4) is 17.2 Å². The monoisotopic (exact) mass is 369 g/mol. The average Bonchev–Trinajstić information content (AvgIpc) is 3.27. The van der Waals surface area contributed by atoms with Crippen molar-refractivity contribution in [1.82, 2.24) is 15.0 Å². The minimum atomic E-state index is -0.852. The summed E-state index contributed by atoms with van der Waals surface area (Å²) in [6, 6.07) is 11.6. The molecular weight excluding hydrogens is 353 g/mol. The number of fused-ring (bicyclic) bond motifs is 1. The molecule has 3 aromatic rings. The van der Waals surface area contributed by atoms with Crippen molar-refractivity contribution < 1.29 is 23.8 Å². The van der Waals surface area contributed by atoms with Gasteiger partial charge in [0.05, 0.1) is 19.2 Å². The van der Waals surface area contributed by atoms with E-state index in [1.54, 1.807) is 36.5 Å². The lowest BCUT2D eigenvalue weighted by atomic mass is 9.98. The fourth-order valence-corrected chi connectivity index (χ4v) is 3.00. The molecule has 1 N–H and O–H groups in total. The van der Waals surface area contributed by atoms with E-state index in [1.807, 2.05) is 6.07 Å². The normalized spacial score (nSPS) is 15.2. The molecule has 0 amide bonds. The maximum absolute atomic E-state index is 13.8. The highest BCUT2D eigenvalue weighted by molar-refractivity contribution is 5.68. The second kappa shape index (κ2) is 7.06. The van der Waals surface area contributed by atoms with Crippen LogP contribution in [0.3, 0.4) is 0 Å². The number of hydrogen-bond donors (Lipinski definition) is 1. The molecule has 1 aromatic heterocycles. The smallest absolute Gasteiger partial charge is 0.304 e. The number of ether oxygens (including phenoxy) is 2. The van der Waals surface area contributed by atoms with Crippen LogP contribution in [0.5, 0.6) is 11.5 Å². The van der Waals surface area contributed by atoms with Gasteiger partial charge < -0.3 is 14.6 Å². The minimum Gasteiger partial charge on any atom is -0.492 e. The van der Waals surface area contributed by atoms with Crippen molar-refractivity contribution in [2.45, 2.75) is 18.9 Å². The van der Waals surface area contributed by atoms with Crippen molar-refractivity contribution in [3.05, 3.63) is 65.7 Å². The van der Waals surface area contributed by atoms with Crippen molar-refractivity contribution in [1.29, 1.82) is 0 Å². The number of rotatable bonds is 6. The molecule has 0 radical (unpaired) electrons. The minimum absolute atomic E-state index is 0.0341. The zero-order valence-electron chi connectivity index (χ0n) is 14.2. The van der Waals surface area contributed by atoms with Gasteiger partial charge in [0, 0.05) is 17.5 Å². The van der Waals surface area contributed by atoms with Crippen molar-refractivity contribution >= 4 is 5.97 Å². The van der Waals surface area contributed by atoms with Gasteiger partial charge in [0.2, 0.25) is 0 Å². The van der Waals surface area contributed by atoms with Crippen LogP contribution in [0.15, 0.2) is 48.7 Å². The number of hydrogen-bond acceptors (Lipinski definition) is 5. The van der Waals surface area contributed by atoms with Crippen LogP contribution in [-0.4, -0.2) is 32.7 Å². The molecule has 1 aliphatic rings. The predicted molar refractivity (Wildman–Crippen MR) is 92.6 cm³/mol. The number of carboxylic acid groups (broad SMARTS) is 1. The summed E-state index contributed by atoms with van der Waals surface area (Å²) in [5.74, 6) is -0.178. The number of aromatic nitrogens is 3. The summed E-state index contributed by atoms with van der Waals surface area (Å²) in [6.07, 6.45) is 1.64. The van der Waals surface area contributed by atoms with Crippen LogP contribution in [0.25, 0.3) is 5.69 Å². The molecule has 1 aliphatic heterocycles. The average molecular weight is 369 g/mol. The molecule has 0 aliphatic carbocycles. The first kappa shape index (κ1) is 17.0. The fourth-order valence-electron chi connectivity index (χ4n) is 3.00. The standard InChI is InChI=1S/C19H16FN3O4/c20-16-3-1-2-4-17(16)23-9-13(21-22-23)11-26-14-5-6-15-12(7-19(24)25)10-27-18(15)8-14/h1-6,8-9,12H,7,10-11H2,(H,24,25). The summed E-state index contributed by atoms with van der Waals surface area (Å²) < 4.78 is 26.4. The Morgan fingerprint density at radius 3 is 3.00 bits per heavy atom. The molecule has 1 unspecified atom stereocenters. The predicted octanol–water partition coefficient (Wildman–Crippen LogP) is 2.94. The highest BCUT2D eigenvalue weighted by atomic mass is 19.1. The van der Waals surface area contributed by atoms with E-state index in [0.29, 0.717) is 29.5 Å².